The summed E-state index contributed by atoms with van der Waals surface area (Å²) in [5, 5.41) is 10.6. The Morgan fingerprint density at radius 2 is 1.73 bits per heavy atom. The fraction of sp³-hybridized carbons (Fsp3) is 0.160. The average Bonchev–Trinajstić information content (AvgIpc) is 2.73. The molecule has 3 aromatic carbocycles. The van der Waals surface area contributed by atoms with Crippen molar-refractivity contribution in [2.24, 2.45) is 0 Å². The number of allylic oxidation sites excluding steroid dienone is 1. The molecule has 0 bridgehead atoms. The Morgan fingerprint density at radius 3 is 2.40 bits per heavy atom. The molecule has 0 fully saturated rings. The van der Waals surface area contributed by atoms with Crippen LogP contribution in [0, 0.1) is 18.3 Å². The van der Waals surface area contributed by atoms with Gasteiger partial charge in [-0.15, -0.1) is 0 Å². The molecule has 0 atom stereocenters. The highest BCUT2D eigenvalue weighted by Gasteiger charge is 2.10. The third-order valence-corrected chi connectivity index (χ3v) is 4.98. The number of ether oxygens (including phenoxy) is 2. The van der Waals surface area contributed by atoms with E-state index >= 15 is 0 Å². The molecule has 3 rings (SSSR count). The molecule has 0 aromatic heterocycles. The predicted molar refractivity (Wildman–Crippen MR) is 123 cm³/mol. The van der Waals surface area contributed by atoms with E-state index in [0.29, 0.717) is 45.9 Å². The van der Waals surface area contributed by atoms with E-state index < -0.39 is 0 Å². The fourth-order valence-electron chi connectivity index (χ4n) is 2.89. The van der Waals surface area contributed by atoms with Crippen LogP contribution in [-0.4, -0.2) is 6.61 Å². The zero-order valence-corrected chi connectivity index (χ0v) is 18.3. The lowest BCUT2D eigenvalue weighted by atomic mass is 10.0. The summed E-state index contributed by atoms with van der Waals surface area (Å²) in [6.07, 6.45) is 1.77. The first-order valence-electron chi connectivity index (χ1n) is 9.52. The van der Waals surface area contributed by atoms with E-state index in [2.05, 4.69) is 25.1 Å². The van der Waals surface area contributed by atoms with E-state index in [1.54, 1.807) is 24.3 Å². The summed E-state index contributed by atoms with van der Waals surface area (Å²) in [7, 11) is 0. The summed E-state index contributed by atoms with van der Waals surface area (Å²) in [6.45, 7) is 4.92. The molecule has 0 aliphatic carbocycles. The van der Waals surface area contributed by atoms with Gasteiger partial charge < -0.3 is 9.47 Å². The molecule has 152 valence electrons. The van der Waals surface area contributed by atoms with Gasteiger partial charge in [-0.3, -0.25) is 0 Å². The fourth-order valence-corrected chi connectivity index (χ4v) is 3.40. The lowest BCUT2D eigenvalue weighted by molar-refractivity contribution is 0.269. The van der Waals surface area contributed by atoms with E-state index in [0.717, 1.165) is 11.1 Å². The summed E-state index contributed by atoms with van der Waals surface area (Å²) in [5.41, 5.74) is 4.16. The van der Waals surface area contributed by atoms with Gasteiger partial charge >= 0.3 is 0 Å². The highest BCUT2D eigenvalue weighted by molar-refractivity contribution is 6.36. The summed E-state index contributed by atoms with van der Waals surface area (Å²) in [5.74, 6) is 1.27. The average molecular weight is 438 g/mol. The molecule has 0 unspecified atom stereocenters. The van der Waals surface area contributed by atoms with Crippen molar-refractivity contribution >= 4 is 34.9 Å². The highest BCUT2D eigenvalue weighted by Crippen LogP contribution is 2.32. The van der Waals surface area contributed by atoms with Crippen molar-refractivity contribution < 1.29 is 9.47 Å². The van der Waals surface area contributed by atoms with Crippen LogP contribution in [0.2, 0.25) is 10.0 Å². The van der Waals surface area contributed by atoms with Gasteiger partial charge in [-0.05, 0) is 55.3 Å². The smallest absolute Gasteiger partial charge is 0.161 e. The number of aryl methyl sites for hydroxylation is 1. The normalized spacial score (nSPS) is 11.1. The molecule has 3 aromatic rings. The quantitative estimate of drug-likeness (QED) is 0.286. The van der Waals surface area contributed by atoms with Gasteiger partial charge in [0, 0.05) is 10.6 Å². The number of nitriles is 1. The first-order chi connectivity index (χ1) is 14.5. The second kappa shape index (κ2) is 10.2. The van der Waals surface area contributed by atoms with Gasteiger partial charge in [-0.1, -0.05) is 65.2 Å². The molecular weight excluding hydrogens is 417 g/mol. The van der Waals surface area contributed by atoms with Crippen molar-refractivity contribution in [3.63, 3.8) is 0 Å². The highest BCUT2D eigenvalue weighted by atomic mass is 35.5. The van der Waals surface area contributed by atoms with Crippen LogP contribution in [0.4, 0.5) is 0 Å². The molecule has 0 aliphatic heterocycles. The number of halogens is 2. The van der Waals surface area contributed by atoms with Gasteiger partial charge in [0.05, 0.1) is 23.3 Å². The van der Waals surface area contributed by atoms with Crippen LogP contribution in [0.3, 0.4) is 0 Å². The Bertz CT molecular complexity index is 1100. The Kier molecular flexibility index (Phi) is 7.41. The van der Waals surface area contributed by atoms with E-state index in [4.69, 9.17) is 32.7 Å². The molecular formula is C25H21Cl2NO2. The minimum absolute atomic E-state index is 0.429. The Balaban J connectivity index is 1.86. The Hall–Kier alpha value is -2.93. The summed E-state index contributed by atoms with van der Waals surface area (Å²) >= 11 is 12.2. The second-order valence-electron chi connectivity index (χ2n) is 6.71. The minimum atomic E-state index is 0.429. The van der Waals surface area contributed by atoms with Gasteiger partial charge in [-0.25, -0.2) is 0 Å². The maximum atomic E-state index is 9.63. The van der Waals surface area contributed by atoms with Crippen LogP contribution < -0.4 is 9.47 Å². The second-order valence-corrected chi connectivity index (χ2v) is 7.55. The summed E-state index contributed by atoms with van der Waals surface area (Å²) < 4.78 is 11.7. The van der Waals surface area contributed by atoms with Crippen molar-refractivity contribution in [1.82, 2.24) is 0 Å². The van der Waals surface area contributed by atoms with Gasteiger partial charge in [0.2, 0.25) is 0 Å². The van der Waals surface area contributed by atoms with Crippen molar-refractivity contribution in [1.29, 1.82) is 5.26 Å². The van der Waals surface area contributed by atoms with Gasteiger partial charge in [0.1, 0.15) is 6.61 Å². The molecule has 3 nitrogen and oxygen atoms in total. The SMILES string of the molecule is CCOc1cc(/C=C(\C#N)c2ccc(Cl)cc2Cl)ccc1OCc1ccc(C)cc1. The molecule has 0 aliphatic rings. The summed E-state index contributed by atoms with van der Waals surface area (Å²) in [4.78, 5) is 0. The molecule has 0 saturated carbocycles. The first-order valence-corrected chi connectivity index (χ1v) is 10.3. The topological polar surface area (TPSA) is 42.2 Å². The van der Waals surface area contributed by atoms with Crippen molar-refractivity contribution in [2.75, 3.05) is 6.61 Å². The summed E-state index contributed by atoms with van der Waals surface area (Å²) in [6, 6.07) is 21.1. The molecule has 5 heteroatoms. The van der Waals surface area contributed by atoms with E-state index in [1.165, 1.54) is 5.56 Å². The zero-order chi connectivity index (χ0) is 21.5. The molecule has 0 radical (unpaired) electrons. The van der Waals surface area contributed by atoms with Crippen molar-refractivity contribution in [2.45, 2.75) is 20.5 Å². The molecule has 0 heterocycles. The molecule has 0 saturated heterocycles. The molecule has 0 N–H and O–H groups in total. The van der Waals surface area contributed by atoms with Gasteiger partial charge in [0.25, 0.3) is 0 Å². The maximum absolute atomic E-state index is 9.63. The number of hydrogen-bond acceptors (Lipinski definition) is 3. The first kappa shape index (κ1) is 21.8. The van der Waals surface area contributed by atoms with E-state index in [-0.39, 0.29) is 0 Å². The third kappa shape index (κ3) is 5.57. The van der Waals surface area contributed by atoms with E-state index in [9.17, 15) is 5.26 Å². The molecule has 0 spiro atoms. The van der Waals surface area contributed by atoms with Crippen LogP contribution in [-0.2, 0) is 6.61 Å². The minimum Gasteiger partial charge on any atom is -0.490 e. The lowest BCUT2D eigenvalue weighted by Gasteiger charge is -2.13. The van der Waals surface area contributed by atoms with Crippen molar-refractivity contribution in [3.8, 4) is 17.6 Å². The Morgan fingerprint density at radius 1 is 0.967 bits per heavy atom. The molecule has 30 heavy (non-hydrogen) atoms. The zero-order valence-electron chi connectivity index (χ0n) is 16.8. The number of benzene rings is 3. The van der Waals surface area contributed by atoms with Crippen LogP contribution in [0.1, 0.15) is 29.2 Å². The lowest BCUT2D eigenvalue weighted by Crippen LogP contribution is -2.00. The molecule has 0 amide bonds. The number of hydrogen-bond donors (Lipinski definition) is 0. The number of rotatable bonds is 7. The predicted octanol–water partition coefficient (Wildman–Crippen LogP) is 7.34. The maximum Gasteiger partial charge on any atom is 0.161 e. The largest absolute Gasteiger partial charge is 0.490 e. The monoisotopic (exact) mass is 437 g/mol. The van der Waals surface area contributed by atoms with Crippen LogP contribution >= 0.6 is 23.2 Å². The standard InChI is InChI=1S/C25H21Cl2NO2/c1-3-29-25-13-19(12-20(15-28)22-10-9-21(26)14-23(22)27)8-11-24(25)30-16-18-6-4-17(2)5-7-18/h4-14H,3,16H2,1-2H3/b20-12+. The van der Waals surface area contributed by atoms with Crippen LogP contribution in [0.25, 0.3) is 11.6 Å². The Labute approximate surface area is 187 Å². The van der Waals surface area contributed by atoms with Gasteiger partial charge in [-0.2, -0.15) is 5.26 Å². The van der Waals surface area contributed by atoms with Crippen LogP contribution in [0.15, 0.2) is 60.7 Å². The van der Waals surface area contributed by atoms with E-state index in [1.807, 2.05) is 37.3 Å². The van der Waals surface area contributed by atoms with Gasteiger partial charge in [0.15, 0.2) is 11.5 Å². The number of nitrogens with zero attached hydrogens (tertiary/aromatic N) is 1. The van der Waals surface area contributed by atoms with Crippen molar-refractivity contribution in [3.05, 3.63) is 93.0 Å². The third-order valence-electron chi connectivity index (χ3n) is 4.44. The van der Waals surface area contributed by atoms with Crippen LogP contribution in [0.5, 0.6) is 11.5 Å².